The summed E-state index contributed by atoms with van der Waals surface area (Å²) in [6.45, 7) is 5.53. The van der Waals surface area contributed by atoms with Crippen LogP contribution in [0.4, 0.5) is 5.69 Å². The Balaban J connectivity index is 1.38. The first-order valence-corrected chi connectivity index (χ1v) is 10.0. The number of nitriles is 1. The number of benzene rings is 2. The molecule has 0 radical (unpaired) electrons. The number of anilines is 1. The van der Waals surface area contributed by atoms with Crippen molar-refractivity contribution in [1.82, 2.24) is 9.80 Å². The quantitative estimate of drug-likeness (QED) is 0.755. The second-order valence-electron chi connectivity index (χ2n) is 7.07. The van der Waals surface area contributed by atoms with E-state index in [1.807, 2.05) is 18.2 Å². The Morgan fingerprint density at radius 1 is 1.14 bits per heavy atom. The van der Waals surface area contributed by atoms with Crippen molar-refractivity contribution < 1.29 is 9.53 Å². The number of amides is 1. The second kappa shape index (κ2) is 10.3. The molecule has 3 rings (SSSR count). The van der Waals surface area contributed by atoms with E-state index in [2.05, 4.69) is 27.2 Å². The lowest BCUT2D eigenvalue weighted by Gasteiger charge is -2.34. The van der Waals surface area contributed by atoms with Gasteiger partial charge in [0.15, 0.2) is 0 Å². The minimum Gasteiger partial charge on any atom is -0.497 e. The smallest absolute Gasteiger partial charge is 0.225 e. The number of halogens is 1. The van der Waals surface area contributed by atoms with Crippen molar-refractivity contribution in [2.24, 2.45) is 0 Å². The predicted molar refractivity (Wildman–Crippen MR) is 114 cm³/mol. The first-order valence-electron chi connectivity index (χ1n) is 9.64. The number of hydrogen-bond donors (Lipinski definition) is 1. The Bertz CT molecular complexity index is 871. The van der Waals surface area contributed by atoms with E-state index in [1.54, 1.807) is 25.3 Å². The maximum atomic E-state index is 12.2. The number of methoxy groups -OCH3 is 1. The molecule has 1 amide bonds. The van der Waals surface area contributed by atoms with Crippen LogP contribution in [0.5, 0.6) is 5.75 Å². The van der Waals surface area contributed by atoms with Gasteiger partial charge in [0.2, 0.25) is 5.91 Å². The number of ether oxygens (including phenoxy) is 1. The molecule has 1 fully saturated rings. The maximum Gasteiger partial charge on any atom is 0.225 e. The van der Waals surface area contributed by atoms with Crippen LogP contribution < -0.4 is 10.1 Å². The van der Waals surface area contributed by atoms with E-state index in [4.69, 9.17) is 21.6 Å². The van der Waals surface area contributed by atoms with Gasteiger partial charge in [-0.25, -0.2) is 0 Å². The van der Waals surface area contributed by atoms with Crippen molar-refractivity contribution in [2.75, 3.05) is 45.2 Å². The monoisotopic (exact) mass is 412 g/mol. The lowest BCUT2D eigenvalue weighted by molar-refractivity contribution is -0.116. The average molecular weight is 413 g/mol. The normalized spacial score (nSPS) is 14.9. The van der Waals surface area contributed by atoms with E-state index in [9.17, 15) is 4.79 Å². The summed E-state index contributed by atoms with van der Waals surface area (Å²) in [5.74, 6) is 0.826. The third kappa shape index (κ3) is 6.20. The largest absolute Gasteiger partial charge is 0.497 e. The van der Waals surface area contributed by atoms with Gasteiger partial charge in [-0.2, -0.15) is 5.26 Å². The van der Waals surface area contributed by atoms with Gasteiger partial charge in [0.1, 0.15) is 11.8 Å². The fourth-order valence-corrected chi connectivity index (χ4v) is 3.55. The van der Waals surface area contributed by atoms with Crippen molar-refractivity contribution in [3.8, 4) is 11.8 Å². The van der Waals surface area contributed by atoms with Crippen LogP contribution in [-0.4, -0.2) is 55.5 Å². The van der Waals surface area contributed by atoms with Gasteiger partial charge >= 0.3 is 0 Å². The van der Waals surface area contributed by atoms with E-state index < -0.39 is 0 Å². The number of hydrogen-bond acceptors (Lipinski definition) is 5. The second-order valence-corrected chi connectivity index (χ2v) is 7.48. The first-order chi connectivity index (χ1) is 14.1. The number of rotatable bonds is 7. The number of piperazine rings is 1. The molecule has 0 aliphatic carbocycles. The molecular formula is C22H25ClN4O2. The Morgan fingerprint density at radius 3 is 2.45 bits per heavy atom. The predicted octanol–water partition coefficient (Wildman–Crippen LogP) is 3.37. The van der Waals surface area contributed by atoms with Crippen molar-refractivity contribution >= 4 is 23.2 Å². The summed E-state index contributed by atoms with van der Waals surface area (Å²) in [5.41, 5.74) is 2.29. The molecular weight excluding hydrogens is 388 g/mol. The van der Waals surface area contributed by atoms with E-state index in [0.717, 1.165) is 45.0 Å². The molecule has 0 spiro atoms. The van der Waals surface area contributed by atoms with Crippen LogP contribution in [0.1, 0.15) is 17.5 Å². The van der Waals surface area contributed by atoms with E-state index in [1.165, 1.54) is 5.56 Å². The molecule has 0 saturated carbocycles. The Hall–Kier alpha value is -2.59. The van der Waals surface area contributed by atoms with Gasteiger partial charge in [-0.15, -0.1) is 0 Å². The number of nitrogens with zero attached hydrogens (tertiary/aromatic N) is 3. The summed E-state index contributed by atoms with van der Waals surface area (Å²) in [7, 11) is 1.67. The molecule has 2 aromatic rings. The molecule has 29 heavy (non-hydrogen) atoms. The van der Waals surface area contributed by atoms with Gasteiger partial charge in [0.05, 0.1) is 17.7 Å². The average Bonchev–Trinajstić information content (AvgIpc) is 2.74. The van der Waals surface area contributed by atoms with Crippen LogP contribution >= 0.6 is 11.6 Å². The zero-order chi connectivity index (χ0) is 20.6. The van der Waals surface area contributed by atoms with E-state index in [0.29, 0.717) is 22.7 Å². The summed E-state index contributed by atoms with van der Waals surface area (Å²) in [4.78, 5) is 17.0. The Morgan fingerprint density at radius 2 is 1.83 bits per heavy atom. The molecule has 0 atom stereocenters. The molecule has 0 bridgehead atoms. The van der Waals surface area contributed by atoms with Crippen LogP contribution in [0, 0.1) is 11.3 Å². The molecule has 1 aliphatic heterocycles. The molecule has 7 heteroatoms. The van der Waals surface area contributed by atoms with Gasteiger partial charge in [0, 0.05) is 51.4 Å². The summed E-state index contributed by atoms with van der Waals surface area (Å²) in [5, 5.41) is 12.1. The van der Waals surface area contributed by atoms with Crippen LogP contribution in [0.25, 0.3) is 0 Å². The zero-order valence-electron chi connectivity index (χ0n) is 16.5. The molecule has 152 valence electrons. The highest BCUT2D eigenvalue weighted by molar-refractivity contribution is 6.32. The fourth-order valence-electron chi connectivity index (χ4n) is 3.33. The first kappa shape index (κ1) is 21.1. The topological polar surface area (TPSA) is 68.6 Å². The van der Waals surface area contributed by atoms with Crippen LogP contribution in [0.3, 0.4) is 0 Å². The van der Waals surface area contributed by atoms with Crippen molar-refractivity contribution in [2.45, 2.75) is 13.0 Å². The van der Waals surface area contributed by atoms with Crippen molar-refractivity contribution in [3.05, 3.63) is 58.6 Å². The summed E-state index contributed by atoms with van der Waals surface area (Å²) < 4.78 is 5.20. The highest BCUT2D eigenvalue weighted by Crippen LogP contribution is 2.20. The Kier molecular flexibility index (Phi) is 7.48. The molecule has 1 aliphatic rings. The summed E-state index contributed by atoms with van der Waals surface area (Å²) in [6.07, 6.45) is 0.427. The minimum atomic E-state index is -0.0496. The number of carbonyl (C=O) groups is 1. The van der Waals surface area contributed by atoms with Crippen molar-refractivity contribution in [1.29, 1.82) is 5.26 Å². The zero-order valence-corrected chi connectivity index (χ0v) is 17.3. The fraction of sp³-hybridized carbons (Fsp3) is 0.364. The molecule has 2 aromatic carbocycles. The SMILES string of the molecule is COc1ccc(CN2CCN(CCC(=O)Nc3ccc(C#N)c(Cl)c3)CC2)cc1. The third-order valence-electron chi connectivity index (χ3n) is 5.06. The lowest BCUT2D eigenvalue weighted by Crippen LogP contribution is -2.46. The standard InChI is InChI=1S/C22H25ClN4O2/c1-29-20-6-2-17(3-7-20)16-27-12-10-26(11-13-27)9-8-22(28)25-19-5-4-18(15-24)21(23)14-19/h2-7,14H,8-13,16H2,1H3,(H,25,28). The molecule has 6 nitrogen and oxygen atoms in total. The van der Waals surface area contributed by atoms with Gasteiger partial charge in [-0.3, -0.25) is 9.69 Å². The summed E-state index contributed by atoms with van der Waals surface area (Å²) >= 11 is 6.01. The van der Waals surface area contributed by atoms with Crippen LogP contribution in [-0.2, 0) is 11.3 Å². The molecule has 0 unspecified atom stereocenters. The number of nitrogens with one attached hydrogen (secondary N) is 1. The minimum absolute atomic E-state index is 0.0496. The third-order valence-corrected chi connectivity index (χ3v) is 5.37. The molecule has 1 saturated heterocycles. The van der Waals surface area contributed by atoms with Gasteiger partial charge < -0.3 is 15.0 Å². The van der Waals surface area contributed by atoms with Crippen LogP contribution in [0.2, 0.25) is 5.02 Å². The number of carbonyl (C=O) groups excluding carboxylic acids is 1. The van der Waals surface area contributed by atoms with Gasteiger partial charge in [0.25, 0.3) is 0 Å². The maximum absolute atomic E-state index is 12.2. The molecule has 1 N–H and O–H groups in total. The highest BCUT2D eigenvalue weighted by atomic mass is 35.5. The lowest BCUT2D eigenvalue weighted by atomic mass is 10.2. The van der Waals surface area contributed by atoms with E-state index in [-0.39, 0.29) is 5.91 Å². The summed E-state index contributed by atoms with van der Waals surface area (Å²) in [6, 6.07) is 15.1. The van der Waals surface area contributed by atoms with E-state index >= 15 is 0 Å². The highest BCUT2D eigenvalue weighted by Gasteiger charge is 2.17. The Labute approximate surface area is 176 Å². The molecule has 0 aromatic heterocycles. The molecule has 1 heterocycles. The van der Waals surface area contributed by atoms with Crippen LogP contribution in [0.15, 0.2) is 42.5 Å². The van der Waals surface area contributed by atoms with Crippen molar-refractivity contribution in [3.63, 3.8) is 0 Å². The van der Waals surface area contributed by atoms with Gasteiger partial charge in [-0.1, -0.05) is 23.7 Å². The van der Waals surface area contributed by atoms with Gasteiger partial charge in [-0.05, 0) is 35.9 Å².